The molecular formula is C19H26N4O3. The van der Waals surface area contributed by atoms with Crippen LogP contribution in [0, 0.1) is 20.8 Å². The molecule has 7 nitrogen and oxygen atoms in total. The molecule has 0 radical (unpaired) electrons. The van der Waals surface area contributed by atoms with Crippen LogP contribution in [0.3, 0.4) is 0 Å². The minimum absolute atomic E-state index is 0.0696. The minimum atomic E-state index is -0.574. The van der Waals surface area contributed by atoms with E-state index >= 15 is 0 Å². The maximum Gasteiger partial charge on any atom is 0.349 e. The van der Waals surface area contributed by atoms with Gasteiger partial charge >= 0.3 is 5.63 Å². The van der Waals surface area contributed by atoms with Gasteiger partial charge < -0.3 is 19.6 Å². The first-order valence-electron chi connectivity index (χ1n) is 9.00. The number of carbonyl (C=O) groups is 1. The van der Waals surface area contributed by atoms with E-state index in [9.17, 15) is 9.59 Å². The zero-order valence-corrected chi connectivity index (χ0v) is 15.8. The molecule has 0 bridgehead atoms. The standard InChI is InChI=1S/C19H26N4O3/c1-11-8-15(14-6-5-7-20-9-14)26-19(25)17(11)18(24)21-10-16-22-12(2)13(3)23(16)4/h8,14,20H,5-7,9-10H2,1-4H3,(H,21,24). The molecule has 2 aromatic rings. The van der Waals surface area contributed by atoms with Gasteiger partial charge in [-0.1, -0.05) is 0 Å². The van der Waals surface area contributed by atoms with Gasteiger partial charge in [-0.15, -0.1) is 0 Å². The van der Waals surface area contributed by atoms with Gasteiger partial charge in [0.05, 0.1) is 12.2 Å². The molecule has 7 heteroatoms. The van der Waals surface area contributed by atoms with Crippen LogP contribution in [0.25, 0.3) is 0 Å². The summed E-state index contributed by atoms with van der Waals surface area (Å²) in [5.41, 5.74) is 2.12. The third kappa shape index (κ3) is 3.58. The van der Waals surface area contributed by atoms with E-state index in [-0.39, 0.29) is 18.0 Å². The van der Waals surface area contributed by atoms with E-state index in [1.165, 1.54) is 0 Å². The van der Waals surface area contributed by atoms with Crippen molar-refractivity contribution in [2.75, 3.05) is 13.1 Å². The van der Waals surface area contributed by atoms with E-state index < -0.39 is 11.5 Å². The van der Waals surface area contributed by atoms with Crippen LogP contribution in [-0.2, 0) is 13.6 Å². The molecule has 1 saturated heterocycles. The lowest BCUT2D eigenvalue weighted by Crippen LogP contribution is -2.32. The van der Waals surface area contributed by atoms with E-state index in [4.69, 9.17) is 4.42 Å². The second-order valence-corrected chi connectivity index (χ2v) is 6.98. The van der Waals surface area contributed by atoms with Crippen molar-refractivity contribution >= 4 is 5.91 Å². The first kappa shape index (κ1) is 18.4. The Morgan fingerprint density at radius 2 is 2.19 bits per heavy atom. The van der Waals surface area contributed by atoms with E-state index in [1.54, 1.807) is 6.92 Å². The zero-order chi connectivity index (χ0) is 18.8. The highest BCUT2D eigenvalue weighted by molar-refractivity contribution is 5.95. The Hall–Kier alpha value is -2.41. The summed E-state index contributed by atoms with van der Waals surface area (Å²) in [7, 11) is 1.91. The molecule has 1 fully saturated rings. The van der Waals surface area contributed by atoms with Crippen LogP contribution in [0.5, 0.6) is 0 Å². The molecule has 1 unspecified atom stereocenters. The number of carbonyl (C=O) groups excluding carboxylic acids is 1. The topological polar surface area (TPSA) is 89.2 Å². The average molecular weight is 358 g/mol. The van der Waals surface area contributed by atoms with Gasteiger partial charge in [0, 0.05) is 25.2 Å². The number of nitrogens with zero attached hydrogens (tertiary/aromatic N) is 2. The molecule has 0 saturated carbocycles. The van der Waals surface area contributed by atoms with E-state index in [2.05, 4.69) is 15.6 Å². The number of nitrogens with one attached hydrogen (secondary N) is 2. The molecule has 140 valence electrons. The van der Waals surface area contributed by atoms with Crippen LogP contribution in [0.2, 0.25) is 0 Å². The van der Waals surface area contributed by atoms with Crippen LogP contribution in [0.15, 0.2) is 15.3 Å². The Morgan fingerprint density at radius 1 is 1.42 bits per heavy atom. The predicted molar refractivity (Wildman–Crippen MR) is 98.4 cm³/mol. The largest absolute Gasteiger partial charge is 0.427 e. The van der Waals surface area contributed by atoms with Crippen LogP contribution in [0.4, 0.5) is 0 Å². The summed E-state index contributed by atoms with van der Waals surface area (Å²) >= 11 is 0. The Balaban J connectivity index is 1.76. The fourth-order valence-corrected chi connectivity index (χ4v) is 3.39. The lowest BCUT2D eigenvalue weighted by molar-refractivity contribution is 0.0944. The summed E-state index contributed by atoms with van der Waals surface area (Å²) < 4.78 is 7.41. The summed E-state index contributed by atoms with van der Waals surface area (Å²) in [6, 6.07) is 1.82. The molecule has 1 aliphatic heterocycles. The van der Waals surface area contributed by atoms with E-state index in [0.717, 1.165) is 43.1 Å². The number of rotatable bonds is 4. The SMILES string of the molecule is Cc1cc(C2CCCNC2)oc(=O)c1C(=O)NCc1nc(C)c(C)n1C. The summed E-state index contributed by atoms with van der Waals surface area (Å²) in [5.74, 6) is 1.17. The third-order valence-electron chi connectivity index (χ3n) is 5.21. The highest BCUT2D eigenvalue weighted by Gasteiger charge is 2.22. The monoisotopic (exact) mass is 358 g/mol. The lowest BCUT2D eigenvalue weighted by atomic mass is 9.95. The fraction of sp³-hybridized carbons (Fsp3) is 0.526. The highest BCUT2D eigenvalue weighted by atomic mass is 16.4. The number of aryl methyl sites for hydroxylation is 2. The van der Waals surface area contributed by atoms with Gasteiger partial charge in [-0.25, -0.2) is 9.78 Å². The van der Waals surface area contributed by atoms with Crippen molar-refractivity contribution in [1.82, 2.24) is 20.2 Å². The summed E-state index contributed by atoms with van der Waals surface area (Å²) in [6.07, 6.45) is 2.04. The molecule has 2 N–H and O–H groups in total. The van der Waals surface area contributed by atoms with E-state index in [0.29, 0.717) is 11.3 Å². The first-order chi connectivity index (χ1) is 12.4. The Kier molecular flexibility index (Phi) is 5.27. The molecular weight excluding hydrogens is 332 g/mol. The number of amides is 1. The first-order valence-corrected chi connectivity index (χ1v) is 9.00. The van der Waals surface area contributed by atoms with Gasteiger partial charge in [0.1, 0.15) is 17.1 Å². The number of imidazole rings is 1. The highest BCUT2D eigenvalue weighted by Crippen LogP contribution is 2.23. The number of piperidine rings is 1. The minimum Gasteiger partial charge on any atom is -0.427 e. The van der Waals surface area contributed by atoms with Crippen molar-refractivity contribution < 1.29 is 9.21 Å². The second kappa shape index (κ2) is 7.45. The Bertz CT molecular complexity index is 876. The van der Waals surface area contributed by atoms with Crippen LogP contribution >= 0.6 is 0 Å². The van der Waals surface area contributed by atoms with Crippen molar-refractivity contribution in [2.45, 2.75) is 46.1 Å². The van der Waals surface area contributed by atoms with Crippen molar-refractivity contribution in [1.29, 1.82) is 0 Å². The molecule has 3 heterocycles. The zero-order valence-electron chi connectivity index (χ0n) is 15.8. The molecule has 0 aromatic carbocycles. The summed E-state index contributed by atoms with van der Waals surface area (Å²) in [5, 5.41) is 6.09. The number of aromatic nitrogens is 2. The maximum absolute atomic E-state index is 12.5. The molecule has 1 atom stereocenters. The Morgan fingerprint density at radius 3 is 2.77 bits per heavy atom. The van der Waals surface area contributed by atoms with Gasteiger partial charge in [-0.2, -0.15) is 0 Å². The molecule has 0 aliphatic carbocycles. The number of hydrogen-bond donors (Lipinski definition) is 2. The van der Waals surface area contributed by atoms with Crippen molar-refractivity contribution in [2.24, 2.45) is 7.05 Å². The van der Waals surface area contributed by atoms with Crippen molar-refractivity contribution in [3.05, 3.63) is 50.6 Å². The normalized spacial score (nSPS) is 17.3. The average Bonchev–Trinajstić information content (AvgIpc) is 2.87. The predicted octanol–water partition coefficient (Wildman–Crippen LogP) is 1.70. The van der Waals surface area contributed by atoms with Gasteiger partial charge in [-0.05, 0) is 51.8 Å². The number of hydrogen-bond acceptors (Lipinski definition) is 5. The van der Waals surface area contributed by atoms with Crippen LogP contribution in [0.1, 0.15) is 57.7 Å². The van der Waals surface area contributed by atoms with Gasteiger partial charge in [0.25, 0.3) is 5.91 Å². The fourth-order valence-electron chi connectivity index (χ4n) is 3.39. The van der Waals surface area contributed by atoms with Crippen LogP contribution in [-0.4, -0.2) is 28.5 Å². The quantitative estimate of drug-likeness (QED) is 0.868. The van der Waals surface area contributed by atoms with E-state index in [1.807, 2.05) is 31.5 Å². The molecule has 26 heavy (non-hydrogen) atoms. The molecule has 1 amide bonds. The molecule has 0 spiro atoms. The summed E-state index contributed by atoms with van der Waals surface area (Å²) in [4.78, 5) is 29.4. The van der Waals surface area contributed by atoms with Crippen LogP contribution < -0.4 is 16.3 Å². The lowest BCUT2D eigenvalue weighted by Gasteiger charge is -2.22. The second-order valence-electron chi connectivity index (χ2n) is 6.98. The van der Waals surface area contributed by atoms with Gasteiger partial charge in [0.15, 0.2) is 0 Å². The van der Waals surface area contributed by atoms with Crippen molar-refractivity contribution in [3.8, 4) is 0 Å². The Labute approximate surface area is 152 Å². The third-order valence-corrected chi connectivity index (χ3v) is 5.21. The summed E-state index contributed by atoms with van der Waals surface area (Å²) in [6.45, 7) is 7.74. The smallest absolute Gasteiger partial charge is 0.349 e. The van der Waals surface area contributed by atoms with Gasteiger partial charge in [-0.3, -0.25) is 4.79 Å². The maximum atomic E-state index is 12.5. The molecule has 1 aliphatic rings. The van der Waals surface area contributed by atoms with Gasteiger partial charge in [0.2, 0.25) is 0 Å². The molecule has 3 rings (SSSR count). The van der Waals surface area contributed by atoms with Crippen molar-refractivity contribution in [3.63, 3.8) is 0 Å². The molecule has 2 aromatic heterocycles.